The summed E-state index contributed by atoms with van der Waals surface area (Å²) >= 11 is 0. The highest BCUT2D eigenvalue weighted by Gasteiger charge is 2.03. The Morgan fingerprint density at radius 1 is 0.714 bits per heavy atom. The van der Waals surface area contributed by atoms with E-state index in [-0.39, 0.29) is 5.97 Å². The molecular weight excluding hydrogens is 176 g/mol. The first-order chi connectivity index (χ1) is 6.89. The van der Waals surface area contributed by atoms with Gasteiger partial charge in [-0.05, 0) is 12.8 Å². The molecule has 1 heterocycles. The van der Waals surface area contributed by atoms with Crippen LogP contribution in [0, 0.1) is 0 Å². The average molecular weight is 198 g/mol. The lowest BCUT2D eigenvalue weighted by atomic mass is 10.1. The zero-order valence-corrected chi connectivity index (χ0v) is 9.09. The van der Waals surface area contributed by atoms with E-state index in [9.17, 15) is 4.79 Å². The maximum atomic E-state index is 11.2. The van der Waals surface area contributed by atoms with Crippen molar-refractivity contribution in [3.05, 3.63) is 0 Å². The molecule has 0 aromatic rings. The molecule has 0 aromatic carbocycles. The highest BCUT2D eigenvalue weighted by Crippen LogP contribution is 2.12. The summed E-state index contributed by atoms with van der Waals surface area (Å²) in [5, 5.41) is 0. The second kappa shape index (κ2) is 7.84. The van der Waals surface area contributed by atoms with Gasteiger partial charge in [0.25, 0.3) is 0 Å². The van der Waals surface area contributed by atoms with Gasteiger partial charge in [0.05, 0.1) is 6.61 Å². The van der Waals surface area contributed by atoms with Gasteiger partial charge in [-0.1, -0.05) is 44.9 Å². The van der Waals surface area contributed by atoms with Gasteiger partial charge in [0.15, 0.2) is 0 Å². The first-order valence-electron chi connectivity index (χ1n) is 6.05. The van der Waals surface area contributed by atoms with E-state index in [1.807, 2.05) is 0 Å². The third-order valence-electron chi connectivity index (χ3n) is 2.79. The van der Waals surface area contributed by atoms with Crippen LogP contribution in [-0.2, 0) is 9.53 Å². The Bertz CT molecular complexity index is 138. The van der Waals surface area contributed by atoms with Crippen molar-refractivity contribution in [3.8, 4) is 0 Å². The fourth-order valence-electron chi connectivity index (χ4n) is 1.87. The predicted molar refractivity (Wildman–Crippen MR) is 57.1 cm³/mol. The summed E-state index contributed by atoms with van der Waals surface area (Å²) in [6.45, 7) is 0.638. The van der Waals surface area contributed by atoms with E-state index in [2.05, 4.69) is 0 Å². The largest absolute Gasteiger partial charge is 0.466 e. The molecule has 0 spiro atoms. The summed E-state index contributed by atoms with van der Waals surface area (Å²) in [7, 11) is 0. The lowest BCUT2D eigenvalue weighted by Crippen LogP contribution is -2.05. The second-order valence-corrected chi connectivity index (χ2v) is 4.15. The third kappa shape index (κ3) is 6.01. The lowest BCUT2D eigenvalue weighted by molar-refractivity contribution is -0.143. The SMILES string of the molecule is O=C1CCCCCCCCCCCO1. The van der Waals surface area contributed by atoms with Crippen molar-refractivity contribution in [2.75, 3.05) is 6.61 Å². The van der Waals surface area contributed by atoms with Gasteiger partial charge < -0.3 is 4.74 Å². The first-order valence-corrected chi connectivity index (χ1v) is 6.05. The van der Waals surface area contributed by atoms with Crippen molar-refractivity contribution >= 4 is 5.97 Å². The van der Waals surface area contributed by atoms with Crippen molar-refractivity contribution in [2.45, 2.75) is 64.2 Å². The summed E-state index contributed by atoms with van der Waals surface area (Å²) in [6.07, 6.45) is 11.7. The molecule has 0 atom stereocenters. The van der Waals surface area contributed by atoms with Crippen LogP contribution in [0.5, 0.6) is 0 Å². The number of esters is 1. The quantitative estimate of drug-likeness (QED) is 0.557. The van der Waals surface area contributed by atoms with Crippen molar-refractivity contribution in [2.24, 2.45) is 0 Å². The molecule has 1 aliphatic heterocycles. The van der Waals surface area contributed by atoms with E-state index in [4.69, 9.17) is 4.74 Å². The molecule has 1 aliphatic rings. The minimum atomic E-state index is 0.00393. The smallest absolute Gasteiger partial charge is 0.305 e. The number of carbonyl (C=O) groups is 1. The number of cyclic esters (lactones) is 1. The summed E-state index contributed by atoms with van der Waals surface area (Å²) in [6, 6.07) is 0. The molecule has 2 heteroatoms. The van der Waals surface area contributed by atoms with Crippen LogP contribution >= 0.6 is 0 Å². The molecule has 0 unspecified atom stereocenters. The fraction of sp³-hybridized carbons (Fsp3) is 0.917. The van der Waals surface area contributed by atoms with Crippen LogP contribution in [0.4, 0.5) is 0 Å². The van der Waals surface area contributed by atoms with Crippen LogP contribution in [0.2, 0.25) is 0 Å². The highest BCUT2D eigenvalue weighted by molar-refractivity contribution is 5.69. The van der Waals surface area contributed by atoms with Crippen molar-refractivity contribution < 1.29 is 9.53 Å². The number of rotatable bonds is 0. The zero-order valence-electron chi connectivity index (χ0n) is 9.09. The molecule has 1 fully saturated rings. The average Bonchev–Trinajstić information content (AvgIpc) is 2.20. The molecule has 0 aromatic heterocycles. The Labute approximate surface area is 87.0 Å². The predicted octanol–water partition coefficient (Wildman–Crippen LogP) is 3.44. The molecule has 0 aliphatic carbocycles. The fourth-order valence-corrected chi connectivity index (χ4v) is 1.87. The van der Waals surface area contributed by atoms with Gasteiger partial charge in [-0.3, -0.25) is 4.79 Å². The van der Waals surface area contributed by atoms with Crippen molar-refractivity contribution in [3.63, 3.8) is 0 Å². The lowest BCUT2D eigenvalue weighted by Gasteiger charge is -2.03. The summed E-state index contributed by atoms with van der Waals surface area (Å²) in [5.74, 6) is 0.00393. The van der Waals surface area contributed by atoms with Crippen LogP contribution in [0.3, 0.4) is 0 Å². The summed E-state index contributed by atoms with van der Waals surface area (Å²) < 4.78 is 5.12. The van der Waals surface area contributed by atoms with Gasteiger partial charge in [-0.2, -0.15) is 0 Å². The van der Waals surface area contributed by atoms with E-state index in [0.29, 0.717) is 13.0 Å². The molecular formula is C12H22O2. The zero-order chi connectivity index (χ0) is 10.1. The van der Waals surface area contributed by atoms with Gasteiger partial charge in [0.1, 0.15) is 0 Å². The van der Waals surface area contributed by atoms with Crippen molar-refractivity contribution in [1.82, 2.24) is 0 Å². The first kappa shape index (κ1) is 11.5. The van der Waals surface area contributed by atoms with Crippen molar-refractivity contribution in [1.29, 1.82) is 0 Å². The van der Waals surface area contributed by atoms with E-state index in [1.54, 1.807) is 0 Å². The molecule has 0 N–H and O–H groups in total. The molecule has 0 saturated carbocycles. The van der Waals surface area contributed by atoms with E-state index in [0.717, 1.165) is 12.8 Å². The van der Waals surface area contributed by atoms with Gasteiger partial charge >= 0.3 is 5.97 Å². The highest BCUT2D eigenvalue weighted by atomic mass is 16.5. The molecule has 0 amide bonds. The minimum Gasteiger partial charge on any atom is -0.466 e. The van der Waals surface area contributed by atoms with Gasteiger partial charge in [0.2, 0.25) is 0 Å². The third-order valence-corrected chi connectivity index (χ3v) is 2.79. The van der Waals surface area contributed by atoms with Gasteiger partial charge in [-0.15, -0.1) is 0 Å². The Morgan fingerprint density at radius 2 is 1.21 bits per heavy atom. The molecule has 0 radical (unpaired) electrons. The molecule has 0 bridgehead atoms. The Balaban J connectivity index is 2.15. The Morgan fingerprint density at radius 3 is 1.86 bits per heavy atom. The van der Waals surface area contributed by atoms with Gasteiger partial charge in [0, 0.05) is 6.42 Å². The van der Waals surface area contributed by atoms with Gasteiger partial charge in [-0.25, -0.2) is 0 Å². The summed E-state index contributed by atoms with van der Waals surface area (Å²) in [5.41, 5.74) is 0. The van der Waals surface area contributed by atoms with E-state index >= 15 is 0 Å². The van der Waals surface area contributed by atoms with Crippen LogP contribution < -0.4 is 0 Å². The van der Waals surface area contributed by atoms with Crippen LogP contribution in [0.15, 0.2) is 0 Å². The molecule has 1 rings (SSSR count). The number of hydrogen-bond acceptors (Lipinski definition) is 2. The molecule has 14 heavy (non-hydrogen) atoms. The van der Waals surface area contributed by atoms with E-state index in [1.165, 1.54) is 44.9 Å². The number of hydrogen-bond donors (Lipinski definition) is 0. The molecule has 1 saturated heterocycles. The second-order valence-electron chi connectivity index (χ2n) is 4.15. The van der Waals surface area contributed by atoms with Crippen LogP contribution in [0.25, 0.3) is 0 Å². The molecule has 82 valence electrons. The Kier molecular flexibility index (Phi) is 6.46. The number of carbonyl (C=O) groups excluding carboxylic acids is 1. The van der Waals surface area contributed by atoms with E-state index < -0.39 is 0 Å². The van der Waals surface area contributed by atoms with Crippen LogP contribution in [-0.4, -0.2) is 12.6 Å². The maximum Gasteiger partial charge on any atom is 0.305 e. The normalized spacial score (nSPS) is 22.7. The maximum absolute atomic E-state index is 11.2. The van der Waals surface area contributed by atoms with Crippen LogP contribution in [0.1, 0.15) is 64.2 Å². The Hall–Kier alpha value is -0.530. The molecule has 2 nitrogen and oxygen atoms in total. The summed E-state index contributed by atoms with van der Waals surface area (Å²) in [4.78, 5) is 11.2. The number of ether oxygens (including phenoxy) is 1. The topological polar surface area (TPSA) is 26.3 Å². The minimum absolute atomic E-state index is 0.00393. The monoisotopic (exact) mass is 198 g/mol. The standard InChI is InChI=1S/C12H22O2/c13-12-10-8-6-4-2-1-3-5-7-9-11-14-12/h1-11H2.